The number of nitrogens with zero attached hydrogens (tertiary/aromatic N) is 3. The molecule has 0 unspecified atom stereocenters. The van der Waals surface area contributed by atoms with Crippen molar-refractivity contribution in [2.75, 3.05) is 30.4 Å². The molecule has 2 heterocycles. The van der Waals surface area contributed by atoms with Crippen LogP contribution in [0, 0.1) is 6.92 Å². The summed E-state index contributed by atoms with van der Waals surface area (Å²) in [6, 6.07) is 18.9. The van der Waals surface area contributed by atoms with Gasteiger partial charge in [0.15, 0.2) is 0 Å². The molecule has 3 aromatic rings. The van der Waals surface area contributed by atoms with Crippen molar-refractivity contribution in [1.82, 2.24) is 9.97 Å². The zero-order chi connectivity index (χ0) is 19.3. The molecule has 0 spiro atoms. The summed E-state index contributed by atoms with van der Waals surface area (Å²) in [5.41, 5.74) is 4.02. The average molecular weight is 374 g/mol. The number of rotatable bonds is 6. The third-order valence-electron chi connectivity index (χ3n) is 5.17. The molecule has 5 heteroatoms. The van der Waals surface area contributed by atoms with E-state index < -0.39 is 0 Å². The number of hydrogen-bond acceptors (Lipinski definition) is 5. The Morgan fingerprint density at radius 3 is 2.68 bits per heavy atom. The molecule has 0 amide bonds. The van der Waals surface area contributed by atoms with Gasteiger partial charge in [0.25, 0.3) is 0 Å². The number of nitrogens with one attached hydrogen (secondary N) is 1. The molecule has 1 aliphatic rings. The van der Waals surface area contributed by atoms with Gasteiger partial charge in [-0.1, -0.05) is 42.5 Å². The lowest BCUT2D eigenvalue weighted by atomic mass is 10.00. The second-order valence-corrected chi connectivity index (χ2v) is 7.09. The van der Waals surface area contributed by atoms with E-state index in [9.17, 15) is 0 Å². The van der Waals surface area contributed by atoms with Crippen LogP contribution < -0.4 is 15.0 Å². The van der Waals surface area contributed by atoms with Gasteiger partial charge in [0.2, 0.25) is 0 Å². The minimum absolute atomic E-state index is 0.788. The first-order chi connectivity index (χ1) is 13.7. The minimum Gasteiger partial charge on any atom is -0.496 e. The van der Waals surface area contributed by atoms with E-state index in [2.05, 4.69) is 56.6 Å². The normalized spacial score (nSPS) is 13.1. The van der Waals surface area contributed by atoms with Crippen LogP contribution in [-0.2, 0) is 19.4 Å². The van der Waals surface area contributed by atoms with Crippen LogP contribution in [-0.4, -0.2) is 30.2 Å². The SMILES string of the molecule is COc1ccccc1CCNc1cc(N2CCc3ccccc3C2)nc(C)n1. The molecule has 0 fully saturated rings. The van der Waals surface area contributed by atoms with Gasteiger partial charge in [0.05, 0.1) is 7.11 Å². The van der Waals surface area contributed by atoms with Crippen LogP contribution in [0.1, 0.15) is 22.5 Å². The monoisotopic (exact) mass is 374 g/mol. The number of ether oxygens (including phenoxy) is 1. The van der Waals surface area contributed by atoms with Gasteiger partial charge in [-0.15, -0.1) is 0 Å². The molecular formula is C23H26N4O. The van der Waals surface area contributed by atoms with Gasteiger partial charge in [0, 0.05) is 25.7 Å². The first-order valence-corrected chi connectivity index (χ1v) is 9.76. The van der Waals surface area contributed by atoms with Crippen LogP contribution in [0.3, 0.4) is 0 Å². The van der Waals surface area contributed by atoms with E-state index in [1.54, 1.807) is 7.11 Å². The summed E-state index contributed by atoms with van der Waals surface area (Å²) in [4.78, 5) is 11.6. The lowest BCUT2D eigenvalue weighted by Crippen LogP contribution is -2.31. The fourth-order valence-electron chi connectivity index (χ4n) is 3.73. The summed E-state index contributed by atoms with van der Waals surface area (Å²) >= 11 is 0. The fraction of sp³-hybridized carbons (Fsp3) is 0.304. The van der Waals surface area contributed by atoms with Crippen LogP contribution in [0.5, 0.6) is 5.75 Å². The summed E-state index contributed by atoms with van der Waals surface area (Å²) < 4.78 is 5.43. The van der Waals surface area contributed by atoms with Gasteiger partial charge < -0.3 is 15.0 Å². The third-order valence-corrected chi connectivity index (χ3v) is 5.17. The molecule has 0 radical (unpaired) electrons. The number of fused-ring (bicyclic) bond motifs is 1. The van der Waals surface area contributed by atoms with E-state index in [1.165, 1.54) is 16.7 Å². The van der Waals surface area contributed by atoms with Crippen molar-refractivity contribution >= 4 is 11.6 Å². The molecule has 4 rings (SSSR count). The Kier molecular flexibility index (Phi) is 5.42. The van der Waals surface area contributed by atoms with Crippen molar-refractivity contribution < 1.29 is 4.74 Å². The highest BCUT2D eigenvalue weighted by atomic mass is 16.5. The van der Waals surface area contributed by atoms with Crippen LogP contribution in [0.15, 0.2) is 54.6 Å². The van der Waals surface area contributed by atoms with E-state index in [-0.39, 0.29) is 0 Å². The zero-order valence-corrected chi connectivity index (χ0v) is 16.5. The topological polar surface area (TPSA) is 50.3 Å². The van der Waals surface area contributed by atoms with Crippen LogP contribution >= 0.6 is 0 Å². The number of para-hydroxylation sites is 1. The average Bonchev–Trinajstić information content (AvgIpc) is 2.73. The number of anilines is 2. The molecule has 0 atom stereocenters. The van der Waals surface area contributed by atoms with Crippen molar-refractivity contribution in [3.63, 3.8) is 0 Å². The first-order valence-electron chi connectivity index (χ1n) is 9.76. The molecule has 5 nitrogen and oxygen atoms in total. The van der Waals surface area contributed by atoms with Crippen LogP contribution in [0.2, 0.25) is 0 Å². The Hall–Kier alpha value is -3.08. The molecule has 0 aliphatic carbocycles. The molecule has 0 saturated heterocycles. The predicted octanol–water partition coefficient (Wildman–Crippen LogP) is 4.01. The highest BCUT2D eigenvalue weighted by molar-refractivity contribution is 5.51. The molecule has 1 aliphatic heterocycles. The molecule has 0 bridgehead atoms. The van der Waals surface area contributed by atoms with E-state index in [4.69, 9.17) is 4.74 Å². The lowest BCUT2D eigenvalue weighted by Gasteiger charge is -2.30. The zero-order valence-electron chi connectivity index (χ0n) is 16.5. The second-order valence-electron chi connectivity index (χ2n) is 7.09. The maximum Gasteiger partial charge on any atom is 0.134 e. The third kappa shape index (κ3) is 4.09. The van der Waals surface area contributed by atoms with Crippen molar-refractivity contribution in [2.45, 2.75) is 26.3 Å². The summed E-state index contributed by atoms with van der Waals surface area (Å²) in [6.07, 6.45) is 1.93. The second kappa shape index (κ2) is 8.30. The Bertz CT molecular complexity index is 957. The molecule has 1 N–H and O–H groups in total. The van der Waals surface area contributed by atoms with Crippen molar-refractivity contribution in [2.24, 2.45) is 0 Å². The summed E-state index contributed by atoms with van der Waals surface area (Å²) in [5, 5.41) is 3.45. The maximum atomic E-state index is 5.43. The molecule has 1 aromatic heterocycles. The largest absolute Gasteiger partial charge is 0.496 e. The summed E-state index contributed by atoms with van der Waals surface area (Å²) in [7, 11) is 1.71. The van der Waals surface area contributed by atoms with E-state index in [0.29, 0.717) is 0 Å². The van der Waals surface area contributed by atoms with Gasteiger partial charge in [-0.05, 0) is 42.5 Å². The number of methoxy groups -OCH3 is 1. The first kappa shape index (κ1) is 18.3. The highest BCUT2D eigenvalue weighted by Crippen LogP contribution is 2.25. The predicted molar refractivity (Wildman–Crippen MR) is 113 cm³/mol. The number of benzene rings is 2. The fourth-order valence-corrected chi connectivity index (χ4v) is 3.73. The molecule has 0 saturated carbocycles. The van der Waals surface area contributed by atoms with Crippen molar-refractivity contribution in [3.8, 4) is 5.75 Å². The Labute approximate surface area is 166 Å². The Morgan fingerprint density at radius 1 is 1.04 bits per heavy atom. The molecule has 144 valence electrons. The number of hydrogen-bond donors (Lipinski definition) is 1. The standard InChI is InChI=1S/C23H26N4O/c1-17-25-22(24-13-11-19-8-5-6-10-21(19)28-2)15-23(26-17)27-14-12-18-7-3-4-9-20(18)16-27/h3-10,15H,11-14,16H2,1-2H3,(H,24,25,26). The van der Waals surface area contributed by atoms with Gasteiger partial charge in [-0.2, -0.15) is 0 Å². The Morgan fingerprint density at radius 2 is 1.82 bits per heavy atom. The van der Waals surface area contributed by atoms with Gasteiger partial charge in [0.1, 0.15) is 23.2 Å². The van der Waals surface area contributed by atoms with Crippen LogP contribution in [0.4, 0.5) is 11.6 Å². The van der Waals surface area contributed by atoms with E-state index in [1.807, 2.05) is 25.1 Å². The van der Waals surface area contributed by atoms with Gasteiger partial charge >= 0.3 is 0 Å². The van der Waals surface area contributed by atoms with Crippen molar-refractivity contribution in [1.29, 1.82) is 0 Å². The summed E-state index contributed by atoms with van der Waals surface area (Å²) in [5.74, 6) is 3.57. The quantitative estimate of drug-likeness (QED) is 0.706. The van der Waals surface area contributed by atoms with E-state index in [0.717, 1.165) is 55.7 Å². The van der Waals surface area contributed by atoms with Crippen LogP contribution in [0.25, 0.3) is 0 Å². The summed E-state index contributed by atoms with van der Waals surface area (Å²) in [6.45, 7) is 4.62. The number of aromatic nitrogens is 2. The van der Waals surface area contributed by atoms with Crippen molar-refractivity contribution in [3.05, 3.63) is 77.1 Å². The molecule has 28 heavy (non-hydrogen) atoms. The van der Waals surface area contributed by atoms with Gasteiger partial charge in [-0.25, -0.2) is 9.97 Å². The minimum atomic E-state index is 0.788. The van der Waals surface area contributed by atoms with Gasteiger partial charge in [-0.3, -0.25) is 0 Å². The maximum absolute atomic E-state index is 5.43. The molecule has 2 aromatic carbocycles. The number of aryl methyl sites for hydroxylation is 1. The highest BCUT2D eigenvalue weighted by Gasteiger charge is 2.18. The smallest absolute Gasteiger partial charge is 0.134 e. The lowest BCUT2D eigenvalue weighted by molar-refractivity contribution is 0.410. The van der Waals surface area contributed by atoms with E-state index >= 15 is 0 Å². The Balaban J connectivity index is 1.44. The molecular weight excluding hydrogens is 348 g/mol.